The molecule has 0 aliphatic heterocycles. The van der Waals surface area contributed by atoms with Crippen molar-refractivity contribution in [2.24, 2.45) is 0 Å². The van der Waals surface area contributed by atoms with Crippen molar-refractivity contribution in [3.05, 3.63) is 70.7 Å². The second-order valence-electron chi connectivity index (χ2n) is 6.76. The van der Waals surface area contributed by atoms with Gasteiger partial charge in [-0.15, -0.1) is 0 Å². The smallest absolute Gasteiger partial charge is 0.273 e. The fourth-order valence-corrected chi connectivity index (χ4v) is 3.13. The van der Waals surface area contributed by atoms with Gasteiger partial charge in [0.05, 0.1) is 5.69 Å². The van der Waals surface area contributed by atoms with E-state index in [1.54, 1.807) is 18.2 Å². The molecule has 1 amide bonds. The molecule has 3 N–H and O–H groups in total. The molecule has 0 aliphatic carbocycles. The van der Waals surface area contributed by atoms with Crippen molar-refractivity contribution in [1.29, 1.82) is 0 Å². The minimum absolute atomic E-state index is 0.300. The van der Waals surface area contributed by atoms with Gasteiger partial charge < -0.3 is 10.3 Å². The number of H-pyrrole nitrogens is 2. The van der Waals surface area contributed by atoms with Gasteiger partial charge in [0.1, 0.15) is 11.5 Å². The minimum atomic E-state index is -0.344. The number of benzene rings is 2. The van der Waals surface area contributed by atoms with Crippen LogP contribution in [0, 0.1) is 26.6 Å². The number of hydrogen-bond acceptors (Lipinski definition) is 2. The van der Waals surface area contributed by atoms with Gasteiger partial charge in [-0.1, -0.05) is 17.7 Å². The predicted octanol–water partition coefficient (Wildman–Crippen LogP) is 4.87. The van der Waals surface area contributed by atoms with Gasteiger partial charge in [0.15, 0.2) is 5.82 Å². The van der Waals surface area contributed by atoms with Crippen molar-refractivity contribution in [2.45, 2.75) is 20.8 Å². The van der Waals surface area contributed by atoms with Crippen LogP contribution in [0.1, 0.15) is 27.2 Å². The SMILES string of the molecule is Cc1ccc(F)c(-c2cc(NC(=O)c3cc4c(C)c(C)ccc4[nH]3)n[nH]2)c1. The quantitative estimate of drug-likeness (QED) is 0.486. The fourth-order valence-electron chi connectivity index (χ4n) is 3.13. The average molecular weight is 362 g/mol. The van der Waals surface area contributed by atoms with Crippen LogP contribution in [0.4, 0.5) is 10.2 Å². The Bertz CT molecular complexity index is 1170. The van der Waals surface area contributed by atoms with Crippen molar-refractivity contribution in [3.63, 3.8) is 0 Å². The van der Waals surface area contributed by atoms with E-state index >= 15 is 0 Å². The molecular weight excluding hydrogens is 343 g/mol. The number of carbonyl (C=O) groups is 1. The topological polar surface area (TPSA) is 73.6 Å². The van der Waals surface area contributed by atoms with Crippen LogP contribution in [0.25, 0.3) is 22.2 Å². The normalized spacial score (nSPS) is 11.1. The first-order valence-corrected chi connectivity index (χ1v) is 8.64. The number of aromatic amines is 2. The third-order valence-corrected chi connectivity index (χ3v) is 4.82. The summed E-state index contributed by atoms with van der Waals surface area (Å²) in [5, 5.41) is 10.6. The van der Waals surface area contributed by atoms with Gasteiger partial charge in [-0.25, -0.2) is 4.39 Å². The Morgan fingerprint density at radius 1 is 1.07 bits per heavy atom. The van der Waals surface area contributed by atoms with Crippen molar-refractivity contribution >= 4 is 22.6 Å². The maximum atomic E-state index is 14.0. The lowest BCUT2D eigenvalue weighted by Gasteiger charge is -2.01. The number of aromatic nitrogens is 3. The Hall–Kier alpha value is -3.41. The number of fused-ring (bicyclic) bond motifs is 1. The summed E-state index contributed by atoms with van der Waals surface area (Å²) in [7, 11) is 0. The Balaban J connectivity index is 1.60. The van der Waals surface area contributed by atoms with Gasteiger partial charge in [0.2, 0.25) is 0 Å². The van der Waals surface area contributed by atoms with Gasteiger partial charge in [0, 0.05) is 22.5 Å². The molecule has 0 atom stereocenters. The van der Waals surface area contributed by atoms with E-state index in [4.69, 9.17) is 0 Å². The van der Waals surface area contributed by atoms with E-state index in [9.17, 15) is 9.18 Å². The summed E-state index contributed by atoms with van der Waals surface area (Å²) < 4.78 is 14.0. The molecule has 4 rings (SSSR count). The molecule has 136 valence electrons. The zero-order valence-electron chi connectivity index (χ0n) is 15.3. The third kappa shape index (κ3) is 3.10. The number of hydrogen-bond donors (Lipinski definition) is 3. The van der Waals surface area contributed by atoms with E-state index in [1.165, 1.54) is 11.6 Å². The van der Waals surface area contributed by atoms with Crippen LogP contribution < -0.4 is 5.32 Å². The number of rotatable bonds is 3. The highest BCUT2D eigenvalue weighted by molar-refractivity contribution is 6.06. The zero-order chi connectivity index (χ0) is 19.1. The van der Waals surface area contributed by atoms with Crippen molar-refractivity contribution in [1.82, 2.24) is 15.2 Å². The van der Waals surface area contributed by atoms with E-state index in [0.29, 0.717) is 22.8 Å². The van der Waals surface area contributed by atoms with Crippen molar-refractivity contribution in [2.75, 3.05) is 5.32 Å². The molecule has 6 heteroatoms. The van der Waals surface area contributed by atoms with Crippen LogP contribution in [0.3, 0.4) is 0 Å². The van der Waals surface area contributed by atoms with Crippen LogP contribution in [-0.4, -0.2) is 21.1 Å². The first-order valence-electron chi connectivity index (χ1n) is 8.64. The maximum absolute atomic E-state index is 14.0. The van der Waals surface area contributed by atoms with Gasteiger partial charge in [-0.3, -0.25) is 9.89 Å². The summed E-state index contributed by atoms with van der Waals surface area (Å²) in [4.78, 5) is 15.7. The monoisotopic (exact) mass is 362 g/mol. The lowest BCUT2D eigenvalue weighted by Crippen LogP contribution is -2.12. The van der Waals surface area contributed by atoms with Crippen LogP contribution in [-0.2, 0) is 0 Å². The van der Waals surface area contributed by atoms with Gasteiger partial charge in [-0.05, 0) is 56.2 Å². The zero-order valence-corrected chi connectivity index (χ0v) is 15.3. The molecule has 5 nitrogen and oxygen atoms in total. The first kappa shape index (κ1) is 17.0. The van der Waals surface area contributed by atoms with Gasteiger partial charge in [-0.2, -0.15) is 5.10 Å². The molecule has 0 fully saturated rings. The highest BCUT2D eigenvalue weighted by atomic mass is 19.1. The summed E-state index contributed by atoms with van der Waals surface area (Å²) in [6.45, 7) is 5.96. The van der Waals surface area contributed by atoms with E-state index in [0.717, 1.165) is 22.0 Å². The van der Waals surface area contributed by atoms with E-state index in [-0.39, 0.29) is 11.7 Å². The molecule has 0 radical (unpaired) electrons. The second kappa shape index (κ2) is 6.39. The molecule has 0 saturated heterocycles. The molecule has 2 aromatic carbocycles. The first-order chi connectivity index (χ1) is 12.9. The van der Waals surface area contributed by atoms with Crippen LogP contribution >= 0.6 is 0 Å². The Labute approximate surface area is 155 Å². The molecule has 0 bridgehead atoms. The highest BCUT2D eigenvalue weighted by Crippen LogP contribution is 2.25. The summed E-state index contributed by atoms with van der Waals surface area (Å²) in [5.74, 6) is -0.308. The minimum Gasteiger partial charge on any atom is -0.351 e. The Morgan fingerprint density at radius 3 is 2.70 bits per heavy atom. The van der Waals surface area contributed by atoms with Gasteiger partial charge in [0.25, 0.3) is 5.91 Å². The lowest BCUT2D eigenvalue weighted by atomic mass is 10.1. The number of halogens is 1. The number of aryl methyl sites for hydroxylation is 3. The van der Waals surface area contributed by atoms with E-state index < -0.39 is 0 Å². The summed E-state index contributed by atoms with van der Waals surface area (Å²) >= 11 is 0. The van der Waals surface area contributed by atoms with Gasteiger partial charge >= 0.3 is 0 Å². The predicted molar refractivity (Wildman–Crippen MR) is 104 cm³/mol. The van der Waals surface area contributed by atoms with E-state index in [2.05, 4.69) is 20.5 Å². The lowest BCUT2D eigenvalue weighted by molar-refractivity contribution is 0.102. The third-order valence-electron chi connectivity index (χ3n) is 4.82. The molecule has 2 aromatic heterocycles. The van der Waals surface area contributed by atoms with Crippen molar-refractivity contribution < 1.29 is 9.18 Å². The fraction of sp³-hybridized carbons (Fsp3) is 0.143. The van der Waals surface area contributed by atoms with Crippen LogP contribution in [0.15, 0.2) is 42.5 Å². The van der Waals surface area contributed by atoms with Crippen LogP contribution in [0.5, 0.6) is 0 Å². The largest absolute Gasteiger partial charge is 0.351 e. The molecule has 4 aromatic rings. The summed E-state index contributed by atoms with van der Waals surface area (Å²) in [5.41, 5.74) is 5.53. The molecule has 27 heavy (non-hydrogen) atoms. The number of amides is 1. The van der Waals surface area contributed by atoms with E-state index in [1.807, 2.05) is 39.0 Å². The molecule has 0 spiro atoms. The van der Waals surface area contributed by atoms with Crippen LogP contribution in [0.2, 0.25) is 0 Å². The summed E-state index contributed by atoms with van der Waals surface area (Å²) in [6, 6.07) is 12.3. The van der Waals surface area contributed by atoms with Crippen molar-refractivity contribution in [3.8, 4) is 11.3 Å². The molecule has 0 unspecified atom stereocenters. The molecule has 0 saturated carbocycles. The standard InChI is InChI=1S/C21H19FN4O/c1-11-4-6-16(22)15(8-11)18-10-20(26-25-18)24-21(27)19-9-14-13(3)12(2)5-7-17(14)23-19/h4-10,23H,1-3H3,(H2,24,25,26,27). The molecule has 0 aliphatic rings. The molecule has 2 heterocycles. The maximum Gasteiger partial charge on any atom is 0.273 e. The summed E-state index contributed by atoms with van der Waals surface area (Å²) in [6.07, 6.45) is 0. The number of carbonyl (C=O) groups excluding carboxylic acids is 1. The second-order valence-corrected chi connectivity index (χ2v) is 6.76. The highest BCUT2D eigenvalue weighted by Gasteiger charge is 2.14. The average Bonchev–Trinajstić information content (AvgIpc) is 3.28. The number of nitrogens with one attached hydrogen (secondary N) is 3. The Morgan fingerprint density at radius 2 is 1.89 bits per heavy atom. The number of nitrogens with zero attached hydrogens (tertiary/aromatic N) is 1. The number of anilines is 1. The Kier molecular flexibility index (Phi) is 4.03. The molecular formula is C21H19FN4O.